The molecule has 2 aromatic heterocycles. The molecule has 0 radical (unpaired) electrons. The van der Waals surface area contributed by atoms with Gasteiger partial charge in [0.25, 0.3) is 5.56 Å². The first kappa shape index (κ1) is 21.1. The zero-order chi connectivity index (χ0) is 22.1. The van der Waals surface area contributed by atoms with Crippen molar-refractivity contribution in [3.8, 4) is 5.69 Å². The van der Waals surface area contributed by atoms with Gasteiger partial charge in [-0.2, -0.15) is 0 Å². The van der Waals surface area contributed by atoms with Gasteiger partial charge in [-0.3, -0.25) is 14.0 Å². The third-order valence-electron chi connectivity index (χ3n) is 5.27. The molecule has 0 spiro atoms. The standard InChI is InChI=1S/C23H24N4O3S/c1-5-13-30-21(29)16(4)31-23-25-24-22-26(18-12-8-9-14(2)15(18)3)20(28)17-10-6-7-11-19(17)27(22)23/h6-12,16H,5,13H2,1-4H3. The fraction of sp³-hybridized carbons (Fsp3) is 0.304. The average Bonchev–Trinajstić information content (AvgIpc) is 3.18. The summed E-state index contributed by atoms with van der Waals surface area (Å²) in [5, 5.41) is 9.32. The highest BCUT2D eigenvalue weighted by Crippen LogP contribution is 2.27. The van der Waals surface area contributed by atoms with Gasteiger partial charge in [0.1, 0.15) is 5.25 Å². The Bertz CT molecular complexity index is 1340. The van der Waals surface area contributed by atoms with Crippen LogP contribution in [0.1, 0.15) is 31.4 Å². The Hall–Kier alpha value is -3.13. The summed E-state index contributed by atoms with van der Waals surface area (Å²) in [7, 11) is 0. The van der Waals surface area contributed by atoms with Gasteiger partial charge in [-0.1, -0.05) is 43.0 Å². The smallest absolute Gasteiger partial charge is 0.319 e. The summed E-state index contributed by atoms with van der Waals surface area (Å²) in [5.41, 5.74) is 3.38. The van der Waals surface area contributed by atoms with Gasteiger partial charge in [-0.25, -0.2) is 4.57 Å². The number of fused-ring (bicyclic) bond motifs is 3. The molecule has 0 bridgehead atoms. The molecule has 4 rings (SSSR count). The summed E-state index contributed by atoms with van der Waals surface area (Å²) in [5.74, 6) is 0.116. The lowest BCUT2D eigenvalue weighted by Crippen LogP contribution is -2.23. The molecule has 2 heterocycles. The Morgan fingerprint density at radius 1 is 1.13 bits per heavy atom. The van der Waals surface area contributed by atoms with Crippen molar-refractivity contribution in [1.82, 2.24) is 19.2 Å². The maximum absolute atomic E-state index is 13.5. The molecule has 0 aliphatic carbocycles. The molecule has 2 aromatic carbocycles. The van der Waals surface area contributed by atoms with Crippen molar-refractivity contribution in [2.45, 2.75) is 44.5 Å². The van der Waals surface area contributed by atoms with E-state index in [0.717, 1.165) is 23.2 Å². The highest BCUT2D eigenvalue weighted by atomic mass is 32.2. The topological polar surface area (TPSA) is 78.5 Å². The van der Waals surface area contributed by atoms with E-state index in [1.165, 1.54) is 11.8 Å². The van der Waals surface area contributed by atoms with Crippen molar-refractivity contribution in [3.63, 3.8) is 0 Å². The Balaban J connectivity index is 1.95. The maximum Gasteiger partial charge on any atom is 0.319 e. The lowest BCUT2D eigenvalue weighted by Gasteiger charge is -2.15. The fourth-order valence-corrected chi connectivity index (χ4v) is 4.33. The summed E-state index contributed by atoms with van der Waals surface area (Å²) in [6, 6.07) is 13.2. The van der Waals surface area contributed by atoms with E-state index in [1.54, 1.807) is 17.6 Å². The minimum atomic E-state index is -0.459. The quantitative estimate of drug-likeness (QED) is 0.335. The third-order valence-corrected chi connectivity index (χ3v) is 6.30. The number of aromatic nitrogens is 4. The van der Waals surface area contributed by atoms with Gasteiger partial charge in [0.05, 0.1) is 23.2 Å². The summed E-state index contributed by atoms with van der Waals surface area (Å²) in [6.45, 7) is 8.12. The van der Waals surface area contributed by atoms with Crippen LogP contribution in [0.4, 0.5) is 0 Å². The van der Waals surface area contributed by atoms with E-state index in [4.69, 9.17) is 4.74 Å². The number of aryl methyl sites for hydroxylation is 1. The van der Waals surface area contributed by atoms with Gasteiger partial charge in [-0.15, -0.1) is 10.2 Å². The van der Waals surface area contributed by atoms with Crippen LogP contribution in [-0.2, 0) is 9.53 Å². The number of rotatable bonds is 6. The minimum absolute atomic E-state index is 0.156. The number of carbonyl (C=O) groups excluding carboxylic acids is 1. The van der Waals surface area contributed by atoms with Crippen molar-refractivity contribution in [3.05, 3.63) is 63.9 Å². The molecule has 0 N–H and O–H groups in total. The molecule has 0 amide bonds. The van der Waals surface area contributed by atoms with Crippen LogP contribution in [0, 0.1) is 13.8 Å². The zero-order valence-corrected chi connectivity index (χ0v) is 18.8. The molecule has 0 aliphatic rings. The van der Waals surface area contributed by atoms with Gasteiger partial charge < -0.3 is 4.74 Å². The normalized spacial score (nSPS) is 12.4. The Labute approximate surface area is 184 Å². The lowest BCUT2D eigenvalue weighted by atomic mass is 10.1. The molecule has 0 fully saturated rings. The monoisotopic (exact) mass is 436 g/mol. The first-order chi connectivity index (χ1) is 14.9. The predicted octanol–water partition coefficient (Wildman–Crippen LogP) is 4.08. The molecule has 1 unspecified atom stereocenters. The summed E-state index contributed by atoms with van der Waals surface area (Å²) in [4.78, 5) is 25.8. The Morgan fingerprint density at radius 3 is 2.68 bits per heavy atom. The van der Waals surface area contributed by atoms with Crippen LogP contribution in [0.25, 0.3) is 22.4 Å². The zero-order valence-electron chi connectivity index (χ0n) is 18.0. The number of ether oxygens (including phenoxy) is 1. The van der Waals surface area contributed by atoms with Crippen LogP contribution < -0.4 is 5.56 Å². The Morgan fingerprint density at radius 2 is 1.90 bits per heavy atom. The molecular weight excluding hydrogens is 412 g/mol. The number of nitrogens with zero attached hydrogens (tertiary/aromatic N) is 4. The number of hydrogen-bond donors (Lipinski definition) is 0. The molecule has 0 saturated carbocycles. The molecule has 0 saturated heterocycles. The average molecular weight is 437 g/mol. The second-order valence-corrected chi connectivity index (χ2v) is 8.73. The molecule has 8 heteroatoms. The second kappa shape index (κ2) is 8.55. The van der Waals surface area contributed by atoms with Crippen molar-refractivity contribution in [2.75, 3.05) is 6.61 Å². The summed E-state index contributed by atoms with van der Waals surface area (Å²) in [6.07, 6.45) is 0.768. The van der Waals surface area contributed by atoms with E-state index < -0.39 is 5.25 Å². The second-order valence-electron chi connectivity index (χ2n) is 7.42. The van der Waals surface area contributed by atoms with Gasteiger partial charge in [0.2, 0.25) is 5.78 Å². The van der Waals surface area contributed by atoms with Gasteiger partial charge in [0, 0.05) is 0 Å². The van der Waals surface area contributed by atoms with Crippen LogP contribution >= 0.6 is 11.8 Å². The number of para-hydroxylation sites is 1. The maximum atomic E-state index is 13.5. The number of hydrogen-bond acceptors (Lipinski definition) is 6. The van der Waals surface area contributed by atoms with E-state index >= 15 is 0 Å². The van der Waals surface area contributed by atoms with E-state index in [1.807, 2.05) is 61.6 Å². The van der Waals surface area contributed by atoms with Crippen LogP contribution in [0.5, 0.6) is 0 Å². The minimum Gasteiger partial charge on any atom is -0.465 e. The molecule has 4 aromatic rings. The van der Waals surface area contributed by atoms with Crippen LogP contribution in [0.15, 0.2) is 52.4 Å². The number of esters is 1. The van der Waals surface area contributed by atoms with E-state index in [9.17, 15) is 9.59 Å². The number of carbonyl (C=O) groups is 1. The highest BCUT2D eigenvalue weighted by Gasteiger charge is 2.23. The van der Waals surface area contributed by atoms with E-state index in [2.05, 4.69) is 10.2 Å². The van der Waals surface area contributed by atoms with Gasteiger partial charge >= 0.3 is 5.97 Å². The fourth-order valence-electron chi connectivity index (χ4n) is 3.48. The first-order valence-electron chi connectivity index (χ1n) is 10.2. The molecule has 160 valence electrons. The molecule has 7 nitrogen and oxygen atoms in total. The van der Waals surface area contributed by atoms with Gasteiger partial charge in [0.15, 0.2) is 5.16 Å². The van der Waals surface area contributed by atoms with Crippen molar-refractivity contribution in [2.24, 2.45) is 0 Å². The van der Waals surface area contributed by atoms with Crippen LogP contribution in [0.2, 0.25) is 0 Å². The van der Waals surface area contributed by atoms with Gasteiger partial charge in [-0.05, 0) is 56.5 Å². The Kier molecular flexibility index (Phi) is 5.82. The third kappa shape index (κ3) is 3.72. The first-order valence-corrected chi connectivity index (χ1v) is 11.1. The predicted molar refractivity (Wildman–Crippen MR) is 122 cm³/mol. The van der Waals surface area contributed by atoms with Crippen molar-refractivity contribution in [1.29, 1.82) is 0 Å². The number of thioether (sulfide) groups is 1. The van der Waals surface area contributed by atoms with E-state index in [-0.39, 0.29) is 11.5 Å². The lowest BCUT2D eigenvalue weighted by molar-refractivity contribution is -0.142. The summed E-state index contributed by atoms with van der Waals surface area (Å²) >= 11 is 1.27. The van der Waals surface area contributed by atoms with Crippen LogP contribution in [-0.4, -0.2) is 37.0 Å². The summed E-state index contributed by atoms with van der Waals surface area (Å²) < 4.78 is 8.71. The SMILES string of the molecule is CCCOC(=O)C(C)Sc1nnc2n(-c3cccc(C)c3C)c(=O)c3ccccc3n12. The van der Waals surface area contributed by atoms with Crippen LogP contribution in [0.3, 0.4) is 0 Å². The molecule has 31 heavy (non-hydrogen) atoms. The number of benzene rings is 2. The molecule has 1 atom stereocenters. The highest BCUT2D eigenvalue weighted by molar-refractivity contribution is 8.00. The van der Waals surface area contributed by atoms with Crippen molar-refractivity contribution >= 4 is 34.4 Å². The van der Waals surface area contributed by atoms with Crippen molar-refractivity contribution < 1.29 is 9.53 Å². The molecule has 0 aliphatic heterocycles. The molecular formula is C23H24N4O3S. The van der Waals surface area contributed by atoms with E-state index in [0.29, 0.717) is 28.4 Å². The largest absolute Gasteiger partial charge is 0.465 e.